The van der Waals surface area contributed by atoms with Gasteiger partial charge in [0, 0.05) is 70.7 Å². The van der Waals surface area contributed by atoms with Crippen molar-refractivity contribution in [2.75, 3.05) is 49.1 Å². The molecule has 186 valence electrons. The molecule has 2 fully saturated rings. The second kappa shape index (κ2) is 9.54. The summed E-state index contributed by atoms with van der Waals surface area (Å²) in [5.74, 6) is 0.288. The van der Waals surface area contributed by atoms with Gasteiger partial charge in [0.2, 0.25) is 27.8 Å². The molecule has 2 saturated heterocycles. The number of hydrogen-bond donors (Lipinski definition) is 0. The second-order valence-corrected chi connectivity index (χ2v) is 11.2. The number of piperazine rings is 1. The summed E-state index contributed by atoms with van der Waals surface area (Å²) in [6.45, 7) is 4.72. The van der Waals surface area contributed by atoms with Crippen molar-refractivity contribution in [3.63, 3.8) is 0 Å². The summed E-state index contributed by atoms with van der Waals surface area (Å²) < 4.78 is 27.9. The zero-order chi connectivity index (χ0) is 24.6. The van der Waals surface area contributed by atoms with Crippen molar-refractivity contribution < 1.29 is 18.0 Å². The first-order chi connectivity index (χ1) is 16.9. The molecule has 4 heterocycles. The van der Waals surface area contributed by atoms with Crippen molar-refractivity contribution >= 4 is 33.5 Å². The Balaban J connectivity index is 1.33. The SMILES string of the molecule is CC(=O)N1c2ccc(S(=O)(=O)N3CCCCC3)cc2C[C@H]1C(=O)N1CCN(c2ncccn2)CC1. The number of carbonyl (C=O) groups excluding carboxylic acids is 2. The van der Waals surface area contributed by atoms with Gasteiger partial charge in [-0.3, -0.25) is 14.5 Å². The molecule has 35 heavy (non-hydrogen) atoms. The molecule has 3 aliphatic heterocycles. The van der Waals surface area contributed by atoms with E-state index in [-0.39, 0.29) is 16.7 Å². The lowest BCUT2D eigenvalue weighted by Gasteiger charge is -2.37. The molecule has 1 aromatic heterocycles. The lowest BCUT2D eigenvalue weighted by Crippen LogP contribution is -2.55. The fourth-order valence-corrected chi connectivity index (χ4v) is 6.79. The summed E-state index contributed by atoms with van der Waals surface area (Å²) in [6, 6.07) is 5.97. The third kappa shape index (κ3) is 4.50. The van der Waals surface area contributed by atoms with Crippen LogP contribution in [0.15, 0.2) is 41.6 Å². The van der Waals surface area contributed by atoms with Crippen LogP contribution in [-0.2, 0) is 26.0 Å². The van der Waals surface area contributed by atoms with Gasteiger partial charge < -0.3 is 9.80 Å². The molecular weight excluding hydrogens is 468 g/mol. The summed E-state index contributed by atoms with van der Waals surface area (Å²) in [7, 11) is -3.59. The molecule has 0 aliphatic carbocycles. The van der Waals surface area contributed by atoms with Crippen LogP contribution in [0.25, 0.3) is 0 Å². The van der Waals surface area contributed by atoms with Crippen molar-refractivity contribution in [1.29, 1.82) is 0 Å². The average Bonchev–Trinajstić information content (AvgIpc) is 3.28. The van der Waals surface area contributed by atoms with Gasteiger partial charge in [0.25, 0.3) is 0 Å². The minimum Gasteiger partial charge on any atom is -0.337 e. The molecule has 0 bridgehead atoms. The average molecular weight is 499 g/mol. The van der Waals surface area contributed by atoms with Crippen LogP contribution in [0.4, 0.5) is 11.6 Å². The highest BCUT2D eigenvalue weighted by atomic mass is 32.2. The molecular formula is C24H30N6O4S. The lowest BCUT2D eigenvalue weighted by molar-refractivity contribution is -0.134. The summed E-state index contributed by atoms with van der Waals surface area (Å²) in [4.78, 5) is 40.2. The molecule has 2 aromatic rings. The predicted octanol–water partition coefficient (Wildman–Crippen LogP) is 1.28. The zero-order valence-corrected chi connectivity index (χ0v) is 20.7. The van der Waals surface area contributed by atoms with E-state index in [0.717, 1.165) is 19.3 Å². The maximum Gasteiger partial charge on any atom is 0.246 e. The molecule has 0 saturated carbocycles. The van der Waals surface area contributed by atoms with Gasteiger partial charge in [-0.1, -0.05) is 6.42 Å². The van der Waals surface area contributed by atoms with Crippen LogP contribution >= 0.6 is 0 Å². The molecule has 5 rings (SSSR count). The fourth-order valence-electron chi connectivity index (χ4n) is 5.22. The third-order valence-corrected chi connectivity index (χ3v) is 8.93. The number of piperidine rings is 1. The Morgan fingerprint density at radius 3 is 2.29 bits per heavy atom. The molecule has 1 aromatic carbocycles. The van der Waals surface area contributed by atoms with E-state index in [2.05, 4.69) is 9.97 Å². The van der Waals surface area contributed by atoms with Crippen molar-refractivity contribution in [1.82, 2.24) is 19.2 Å². The van der Waals surface area contributed by atoms with Crippen molar-refractivity contribution in [2.24, 2.45) is 0 Å². The van der Waals surface area contributed by atoms with E-state index < -0.39 is 16.1 Å². The minimum absolute atomic E-state index is 0.120. The molecule has 0 radical (unpaired) electrons. The summed E-state index contributed by atoms with van der Waals surface area (Å²) in [5.41, 5.74) is 1.33. The molecule has 0 unspecified atom stereocenters. The first-order valence-corrected chi connectivity index (χ1v) is 13.5. The van der Waals surface area contributed by atoms with Crippen LogP contribution in [0.2, 0.25) is 0 Å². The number of hydrogen-bond acceptors (Lipinski definition) is 7. The van der Waals surface area contributed by atoms with Gasteiger partial charge in [0.05, 0.1) is 4.90 Å². The zero-order valence-electron chi connectivity index (χ0n) is 19.8. The number of sulfonamides is 1. The van der Waals surface area contributed by atoms with Gasteiger partial charge in [0.15, 0.2) is 0 Å². The minimum atomic E-state index is -3.59. The first-order valence-electron chi connectivity index (χ1n) is 12.1. The van der Waals surface area contributed by atoms with Crippen LogP contribution in [0.1, 0.15) is 31.7 Å². The normalized spacial score (nSPS) is 21.2. The molecule has 11 heteroatoms. The van der Waals surface area contributed by atoms with Gasteiger partial charge in [-0.2, -0.15) is 4.31 Å². The standard InChI is InChI=1S/C24H30N6O4S/c1-18(31)30-21-7-6-20(35(33,34)29-10-3-2-4-11-29)16-19(21)17-22(30)23(32)27-12-14-28(15-13-27)24-25-8-5-9-26-24/h5-9,16,22H,2-4,10-15,17H2,1H3/t22-/m0/s1. The monoisotopic (exact) mass is 498 g/mol. The summed E-state index contributed by atoms with van der Waals surface area (Å²) in [6.07, 6.45) is 6.46. The Kier molecular flexibility index (Phi) is 6.45. The van der Waals surface area contributed by atoms with Crippen LogP contribution < -0.4 is 9.80 Å². The van der Waals surface area contributed by atoms with E-state index in [0.29, 0.717) is 62.9 Å². The highest BCUT2D eigenvalue weighted by molar-refractivity contribution is 7.89. The maximum absolute atomic E-state index is 13.5. The largest absolute Gasteiger partial charge is 0.337 e. The van der Waals surface area contributed by atoms with Gasteiger partial charge >= 0.3 is 0 Å². The molecule has 10 nitrogen and oxygen atoms in total. The molecule has 0 spiro atoms. The summed E-state index contributed by atoms with van der Waals surface area (Å²) >= 11 is 0. The quantitative estimate of drug-likeness (QED) is 0.625. The maximum atomic E-state index is 13.5. The smallest absolute Gasteiger partial charge is 0.246 e. The predicted molar refractivity (Wildman–Crippen MR) is 131 cm³/mol. The highest BCUT2D eigenvalue weighted by Crippen LogP contribution is 2.36. The van der Waals surface area contributed by atoms with E-state index in [4.69, 9.17) is 0 Å². The molecule has 0 N–H and O–H groups in total. The Bertz CT molecular complexity index is 1210. The van der Waals surface area contributed by atoms with Crippen LogP contribution in [-0.4, -0.2) is 84.7 Å². The van der Waals surface area contributed by atoms with Crippen LogP contribution in [0.5, 0.6) is 0 Å². The Morgan fingerprint density at radius 2 is 1.63 bits per heavy atom. The number of anilines is 2. The van der Waals surface area contributed by atoms with Crippen molar-refractivity contribution in [3.8, 4) is 0 Å². The number of rotatable bonds is 4. The van der Waals surface area contributed by atoms with Crippen molar-refractivity contribution in [2.45, 2.75) is 43.5 Å². The Hall–Kier alpha value is -3.05. The van der Waals surface area contributed by atoms with E-state index >= 15 is 0 Å². The van der Waals surface area contributed by atoms with E-state index in [1.54, 1.807) is 41.6 Å². The number of carbonyl (C=O) groups is 2. The van der Waals surface area contributed by atoms with Crippen LogP contribution in [0, 0.1) is 0 Å². The van der Waals surface area contributed by atoms with Gasteiger partial charge in [-0.05, 0) is 42.7 Å². The van der Waals surface area contributed by atoms with Gasteiger partial charge in [-0.15, -0.1) is 0 Å². The van der Waals surface area contributed by atoms with Gasteiger partial charge in [-0.25, -0.2) is 18.4 Å². The Morgan fingerprint density at radius 1 is 0.943 bits per heavy atom. The number of aromatic nitrogens is 2. The highest BCUT2D eigenvalue weighted by Gasteiger charge is 2.40. The Labute approximate surface area is 205 Å². The third-order valence-electron chi connectivity index (χ3n) is 7.04. The molecule has 2 amide bonds. The van der Waals surface area contributed by atoms with Crippen LogP contribution in [0.3, 0.4) is 0 Å². The number of fused-ring (bicyclic) bond motifs is 1. The molecule has 1 atom stereocenters. The number of nitrogens with zero attached hydrogens (tertiary/aromatic N) is 6. The van der Waals surface area contributed by atoms with E-state index in [1.807, 2.05) is 4.90 Å². The molecule has 3 aliphatic rings. The second-order valence-electron chi connectivity index (χ2n) is 9.23. The van der Waals surface area contributed by atoms with E-state index in [9.17, 15) is 18.0 Å². The fraction of sp³-hybridized carbons (Fsp3) is 0.500. The summed E-state index contributed by atoms with van der Waals surface area (Å²) in [5, 5.41) is 0. The first kappa shape index (κ1) is 23.7. The van der Waals surface area contributed by atoms with Gasteiger partial charge in [0.1, 0.15) is 6.04 Å². The van der Waals surface area contributed by atoms with Crippen molar-refractivity contribution in [3.05, 3.63) is 42.2 Å². The number of amides is 2. The number of benzene rings is 1. The topological polar surface area (TPSA) is 107 Å². The van der Waals surface area contributed by atoms with E-state index in [1.165, 1.54) is 16.1 Å². The lowest BCUT2D eigenvalue weighted by atomic mass is 10.1.